The number of aryl methyl sites for hydroxylation is 1. The Balaban J connectivity index is 1.90. The van der Waals surface area contributed by atoms with E-state index in [1.54, 1.807) is 14.0 Å². The van der Waals surface area contributed by atoms with Gasteiger partial charge in [0, 0.05) is 24.0 Å². The Kier molecular flexibility index (Phi) is 5.92. The highest BCUT2D eigenvalue weighted by Gasteiger charge is 2.25. The van der Waals surface area contributed by atoms with Gasteiger partial charge in [-0.3, -0.25) is 14.3 Å². The first kappa shape index (κ1) is 22.1. The van der Waals surface area contributed by atoms with E-state index in [0.717, 1.165) is 16.0 Å². The predicted octanol–water partition coefficient (Wildman–Crippen LogP) is 2.76. The van der Waals surface area contributed by atoms with E-state index in [9.17, 15) is 18.8 Å². The number of hydrogen-bond donors (Lipinski definition) is 1. The van der Waals surface area contributed by atoms with E-state index in [1.165, 1.54) is 47.6 Å². The molecular formula is C21H18FN5O5S. The number of thiophene rings is 1. The second-order valence-electron chi connectivity index (χ2n) is 6.77. The van der Waals surface area contributed by atoms with Crippen LogP contribution in [0.4, 0.5) is 9.39 Å². The number of halogens is 1. The Hall–Kier alpha value is -4.06. The van der Waals surface area contributed by atoms with Crippen LogP contribution in [0.1, 0.15) is 27.8 Å². The molecule has 1 aromatic carbocycles. The van der Waals surface area contributed by atoms with Crippen LogP contribution in [0.3, 0.4) is 0 Å². The second kappa shape index (κ2) is 8.82. The number of aromatic nitrogens is 4. The Bertz CT molecular complexity index is 1440. The number of carbonyl (C=O) groups is 2. The van der Waals surface area contributed by atoms with Gasteiger partial charge >= 0.3 is 5.97 Å². The van der Waals surface area contributed by atoms with Gasteiger partial charge in [-0.15, -0.1) is 16.4 Å². The first-order chi connectivity index (χ1) is 15.8. The van der Waals surface area contributed by atoms with Gasteiger partial charge in [0.05, 0.1) is 19.1 Å². The van der Waals surface area contributed by atoms with Gasteiger partial charge in [-0.1, -0.05) is 12.1 Å². The monoisotopic (exact) mass is 471 g/mol. The average molecular weight is 471 g/mol. The number of carbonyl (C=O) groups excluding carboxylic acids is 2. The second-order valence-corrected chi connectivity index (χ2v) is 7.65. The van der Waals surface area contributed by atoms with Crippen molar-refractivity contribution in [3.63, 3.8) is 0 Å². The van der Waals surface area contributed by atoms with Gasteiger partial charge in [-0.25, -0.2) is 9.18 Å². The van der Waals surface area contributed by atoms with Crippen molar-refractivity contribution < 1.29 is 23.5 Å². The molecule has 0 aliphatic carbocycles. The lowest BCUT2D eigenvalue weighted by Crippen LogP contribution is -2.26. The molecule has 0 atom stereocenters. The molecule has 0 saturated heterocycles. The molecule has 4 rings (SSSR count). The van der Waals surface area contributed by atoms with Gasteiger partial charge < -0.3 is 14.8 Å². The van der Waals surface area contributed by atoms with Crippen molar-refractivity contribution in [2.45, 2.75) is 6.92 Å². The minimum atomic E-state index is -0.780. The summed E-state index contributed by atoms with van der Waals surface area (Å²) in [6.07, 6.45) is 1.47. The Labute approximate surface area is 190 Å². The molecule has 3 heterocycles. The van der Waals surface area contributed by atoms with Crippen LogP contribution in [0.2, 0.25) is 0 Å². The standard InChI is InChI=1S/C21H18FN5O5S/c1-4-32-21(30)16-12-10-33-19(23-17(28)11-9-26(2)25-18(11)31-3)15(12)20(29)27(24-16)14-8-6-5-7-13(14)22/h5-10H,4H2,1-3H3,(H,23,28). The number of para-hydroxylation sites is 1. The summed E-state index contributed by atoms with van der Waals surface area (Å²) in [5.74, 6) is -1.96. The van der Waals surface area contributed by atoms with Gasteiger partial charge in [0.15, 0.2) is 5.69 Å². The van der Waals surface area contributed by atoms with Crippen molar-refractivity contribution in [3.8, 4) is 11.6 Å². The van der Waals surface area contributed by atoms with E-state index in [-0.39, 0.29) is 45.2 Å². The number of esters is 1. The summed E-state index contributed by atoms with van der Waals surface area (Å²) in [4.78, 5) is 38.8. The number of benzene rings is 1. The SMILES string of the molecule is CCOC(=O)c1nn(-c2ccccc2F)c(=O)c2c(NC(=O)c3cn(C)nc3OC)scc12. The van der Waals surface area contributed by atoms with Gasteiger partial charge in [-0.05, 0) is 19.1 Å². The zero-order valence-corrected chi connectivity index (χ0v) is 18.6. The molecule has 1 N–H and O–H groups in total. The molecule has 0 fully saturated rings. The fourth-order valence-electron chi connectivity index (χ4n) is 3.22. The van der Waals surface area contributed by atoms with Crippen molar-refractivity contribution in [3.05, 3.63) is 63.3 Å². The highest BCUT2D eigenvalue weighted by atomic mass is 32.1. The molecule has 0 unspecified atom stereocenters. The van der Waals surface area contributed by atoms with Gasteiger partial charge in [0.2, 0.25) is 5.88 Å². The number of ether oxygens (including phenoxy) is 2. The number of nitrogens with zero attached hydrogens (tertiary/aromatic N) is 4. The van der Waals surface area contributed by atoms with Crippen molar-refractivity contribution in [1.29, 1.82) is 0 Å². The van der Waals surface area contributed by atoms with Crippen molar-refractivity contribution >= 4 is 39.0 Å². The zero-order chi connectivity index (χ0) is 23.7. The smallest absolute Gasteiger partial charge is 0.359 e. The fourth-order valence-corrected chi connectivity index (χ4v) is 4.16. The Morgan fingerprint density at radius 2 is 2.00 bits per heavy atom. The van der Waals surface area contributed by atoms with Gasteiger partial charge in [0.1, 0.15) is 22.1 Å². The molecule has 33 heavy (non-hydrogen) atoms. The van der Waals surface area contributed by atoms with Crippen LogP contribution < -0.4 is 15.6 Å². The molecular weight excluding hydrogens is 453 g/mol. The maximum Gasteiger partial charge on any atom is 0.359 e. The molecule has 0 radical (unpaired) electrons. The summed E-state index contributed by atoms with van der Waals surface area (Å²) in [6, 6.07) is 5.52. The van der Waals surface area contributed by atoms with Gasteiger partial charge in [0.25, 0.3) is 11.5 Å². The maximum atomic E-state index is 14.5. The number of methoxy groups -OCH3 is 1. The normalized spacial score (nSPS) is 10.9. The summed E-state index contributed by atoms with van der Waals surface area (Å²) < 4.78 is 26.9. The number of fused-ring (bicyclic) bond motifs is 1. The molecule has 0 aliphatic rings. The van der Waals surface area contributed by atoms with Crippen molar-refractivity contribution in [2.75, 3.05) is 19.0 Å². The van der Waals surface area contributed by atoms with E-state index < -0.39 is 23.3 Å². The lowest BCUT2D eigenvalue weighted by Gasteiger charge is -2.10. The third kappa shape index (κ3) is 3.96. The summed E-state index contributed by atoms with van der Waals surface area (Å²) in [7, 11) is 3.01. The number of hydrogen-bond acceptors (Lipinski definition) is 8. The van der Waals surface area contributed by atoms with Crippen LogP contribution in [0, 0.1) is 5.82 Å². The zero-order valence-electron chi connectivity index (χ0n) is 17.8. The molecule has 4 aromatic rings. The lowest BCUT2D eigenvalue weighted by molar-refractivity contribution is 0.0519. The number of amides is 1. The Morgan fingerprint density at radius 1 is 1.24 bits per heavy atom. The summed E-state index contributed by atoms with van der Waals surface area (Å²) in [6.45, 7) is 1.71. The molecule has 0 spiro atoms. The average Bonchev–Trinajstić information content (AvgIpc) is 3.38. The summed E-state index contributed by atoms with van der Waals surface area (Å²) >= 11 is 1.02. The van der Waals surface area contributed by atoms with Crippen LogP contribution >= 0.6 is 11.3 Å². The maximum absolute atomic E-state index is 14.5. The first-order valence-electron chi connectivity index (χ1n) is 9.71. The highest BCUT2D eigenvalue weighted by Crippen LogP contribution is 2.31. The topological polar surface area (TPSA) is 117 Å². The number of nitrogens with one attached hydrogen (secondary N) is 1. The molecule has 0 aliphatic heterocycles. The molecule has 1 amide bonds. The van der Waals surface area contributed by atoms with E-state index in [2.05, 4.69) is 15.5 Å². The molecule has 12 heteroatoms. The summed E-state index contributed by atoms with van der Waals surface area (Å²) in [5.41, 5.74) is -0.883. The number of anilines is 1. The van der Waals surface area contributed by atoms with Crippen molar-refractivity contribution in [2.24, 2.45) is 7.05 Å². The quantitative estimate of drug-likeness (QED) is 0.430. The molecule has 170 valence electrons. The van der Waals surface area contributed by atoms with E-state index >= 15 is 0 Å². The van der Waals surface area contributed by atoms with Crippen LogP contribution in [0.15, 0.2) is 40.6 Å². The molecule has 10 nitrogen and oxygen atoms in total. The first-order valence-corrected chi connectivity index (χ1v) is 10.6. The largest absolute Gasteiger partial charge is 0.479 e. The molecule has 0 bridgehead atoms. The number of rotatable bonds is 6. The van der Waals surface area contributed by atoms with Crippen molar-refractivity contribution in [1.82, 2.24) is 19.6 Å². The minimum absolute atomic E-state index is 0.00230. The molecule has 3 aromatic heterocycles. The minimum Gasteiger partial charge on any atom is -0.479 e. The van der Waals surface area contributed by atoms with E-state index in [1.807, 2.05) is 0 Å². The van der Waals surface area contributed by atoms with Crippen LogP contribution in [-0.4, -0.2) is 45.2 Å². The Morgan fingerprint density at radius 3 is 2.70 bits per heavy atom. The third-order valence-corrected chi connectivity index (χ3v) is 5.56. The van der Waals surface area contributed by atoms with Crippen LogP contribution in [0.5, 0.6) is 5.88 Å². The molecule has 0 saturated carbocycles. The van der Waals surface area contributed by atoms with Gasteiger partial charge in [-0.2, -0.15) is 9.78 Å². The fraction of sp³-hybridized carbons (Fsp3) is 0.190. The third-order valence-electron chi connectivity index (χ3n) is 4.66. The lowest BCUT2D eigenvalue weighted by atomic mass is 10.2. The van der Waals surface area contributed by atoms with E-state index in [0.29, 0.717) is 0 Å². The van der Waals surface area contributed by atoms with E-state index in [4.69, 9.17) is 9.47 Å². The predicted molar refractivity (Wildman–Crippen MR) is 119 cm³/mol. The van der Waals surface area contributed by atoms with Crippen LogP contribution in [-0.2, 0) is 11.8 Å². The summed E-state index contributed by atoms with van der Waals surface area (Å²) in [5, 5.41) is 12.6. The van der Waals surface area contributed by atoms with Crippen LogP contribution in [0.25, 0.3) is 16.5 Å². The highest BCUT2D eigenvalue weighted by molar-refractivity contribution is 7.16.